The number of Topliss-reactive ketones (excluding diaryl/α,β-unsaturated/α-hetero) is 1. The van der Waals surface area contributed by atoms with Crippen molar-refractivity contribution in [1.29, 1.82) is 0 Å². The highest BCUT2D eigenvalue weighted by Gasteiger charge is 2.31. The summed E-state index contributed by atoms with van der Waals surface area (Å²) in [4.78, 5) is 16.6. The summed E-state index contributed by atoms with van der Waals surface area (Å²) >= 11 is 7.57. The van der Waals surface area contributed by atoms with Crippen LogP contribution >= 0.6 is 22.9 Å². The second-order valence-electron chi connectivity index (χ2n) is 8.62. The predicted molar refractivity (Wildman–Crippen MR) is 127 cm³/mol. The molecule has 1 saturated heterocycles. The Morgan fingerprint density at radius 1 is 1.19 bits per heavy atom. The van der Waals surface area contributed by atoms with Crippen molar-refractivity contribution >= 4 is 28.7 Å². The molecule has 0 saturated carbocycles. The van der Waals surface area contributed by atoms with Crippen molar-refractivity contribution in [3.63, 3.8) is 0 Å². The van der Waals surface area contributed by atoms with Crippen molar-refractivity contribution in [1.82, 2.24) is 19.7 Å². The van der Waals surface area contributed by atoms with E-state index in [2.05, 4.69) is 31.8 Å². The largest absolute Gasteiger partial charge is 0.489 e. The molecule has 3 aromatic rings. The van der Waals surface area contributed by atoms with Gasteiger partial charge in [0.25, 0.3) is 0 Å². The standard InChI is InChI=1S/C24H27ClN4O2S/c1-15(30)20-16(2)32-22-21(20)31-14-13-29-23(26-27-24(22)29)18-8-11-28(12-9-18)10-7-17-3-5-19(25)6-4-17/h3-6,18H,7-14H2,1-2H3. The Kier molecular flexibility index (Phi) is 6.05. The topological polar surface area (TPSA) is 60.3 Å². The van der Waals surface area contributed by atoms with Crippen molar-refractivity contribution in [2.24, 2.45) is 0 Å². The number of carbonyl (C=O) groups is 1. The number of ether oxygens (including phenoxy) is 1. The van der Waals surface area contributed by atoms with E-state index in [-0.39, 0.29) is 5.78 Å². The van der Waals surface area contributed by atoms with Crippen molar-refractivity contribution < 1.29 is 9.53 Å². The number of rotatable bonds is 5. The fraction of sp³-hybridized carbons (Fsp3) is 0.458. The smallest absolute Gasteiger partial charge is 0.178 e. The Hall–Kier alpha value is -2.22. The van der Waals surface area contributed by atoms with Crippen molar-refractivity contribution in [3.8, 4) is 16.5 Å². The summed E-state index contributed by atoms with van der Waals surface area (Å²) in [5, 5.41) is 9.96. The van der Waals surface area contributed by atoms with Gasteiger partial charge >= 0.3 is 0 Å². The zero-order chi connectivity index (χ0) is 22.2. The third-order valence-corrected chi connectivity index (χ3v) is 7.85. The van der Waals surface area contributed by atoms with E-state index >= 15 is 0 Å². The van der Waals surface area contributed by atoms with Crippen molar-refractivity contribution in [2.75, 3.05) is 26.2 Å². The zero-order valence-electron chi connectivity index (χ0n) is 18.4. The molecule has 0 radical (unpaired) electrons. The van der Waals surface area contributed by atoms with Gasteiger partial charge in [0.1, 0.15) is 17.3 Å². The van der Waals surface area contributed by atoms with Gasteiger partial charge in [-0.15, -0.1) is 21.5 Å². The monoisotopic (exact) mass is 470 g/mol. The summed E-state index contributed by atoms with van der Waals surface area (Å²) < 4.78 is 8.25. The lowest BCUT2D eigenvalue weighted by atomic mass is 9.95. The molecule has 1 fully saturated rings. The number of halogens is 1. The number of nitrogens with zero attached hydrogens (tertiary/aromatic N) is 4. The van der Waals surface area contributed by atoms with Crippen LogP contribution in [0.4, 0.5) is 0 Å². The Morgan fingerprint density at radius 3 is 2.66 bits per heavy atom. The number of ketones is 1. The Labute approximate surface area is 197 Å². The number of piperidine rings is 1. The van der Waals surface area contributed by atoms with E-state index in [0.29, 0.717) is 30.4 Å². The molecule has 0 unspecified atom stereocenters. The number of aromatic nitrogens is 3. The van der Waals surface area contributed by atoms with Crippen LogP contribution in [0.5, 0.6) is 5.75 Å². The Bertz CT molecular complexity index is 1130. The minimum absolute atomic E-state index is 0.0409. The average Bonchev–Trinajstić information content (AvgIpc) is 3.30. The van der Waals surface area contributed by atoms with E-state index in [1.54, 1.807) is 18.3 Å². The third kappa shape index (κ3) is 4.09. The summed E-state index contributed by atoms with van der Waals surface area (Å²) in [6.07, 6.45) is 3.20. The predicted octanol–water partition coefficient (Wildman–Crippen LogP) is 4.99. The first-order chi connectivity index (χ1) is 15.5. The van der Waals surface area contributed by atoms with Crippen LogP contribution in [-0.4, -0.2) is 51.7 Å². The Balaban J connectivity index is 1.28. The van der Waals surface area contributed by atoms with Crippen LogP contribution in [0.15, 0.2) is 24.3 Å². The second-order valence-corrected chi connectivity index (χ2v) is 10.3. The lowest BCUT2D eigenvalue weighted by molar-refractivity contribution is 0.101. The van der Waals surface area contributed by atoms with E-state index in [4.69, 9.17) is 16.3 Å². The fourth-order valence-electron chi connectivity index (χ4n) is 4.81. The molecular weight excluding hydrogens is 444 g/mol. The molecule has 0 spiro atoms. The van der Waals surface area contributed by atoms with Gasteiger partial charge in [-0.05, 0) is 63.9 Å². The summed E-state index contributed by atoms with van der Waals surface area (Å²) in [7, 11) is 0. The normalized spacial score (nSPS) is 16.8. The highest BCUT2D eigenvalue weighted by Crippen LogP contribution is 2.44. The molecule has 0 bridgehead atoms. The van der Waals surface area contributed by atoms with Gasteiger partial charge in [-0.1, -0.05) is 23.7 Å². The number of fused-ring (bicyclic) bond motifs is 3. The number of likely N-dealkylation sites (tertiary alicyclic amines) is 1. The van der Waals surface area contributed by atoms with Crippen LogP contribution in [0, 0.1) is 6.92 Å². The van der Waals surface area contributed by atoms with Crippen LogP contribution in [0.2, 0.25) is 5.02 Å². The number of hydrogen-bond donors (Lipinski definition) is 0. The number of hydrogen-bond acceptors (Lipinski definition) is 6. The van der Waals surface area contributed by atoms with E-state index in [1.165, 1.54) is 5.56 Å². The lowest BCUT2D eigenvalue weighted by Gasteiger charge is -2.31. The number of benzene rings is 1. The van der Waals surface area contributed by atoms with Gasteiger partial charge < -0.3 is 14.2 Å². The van der Waals surface area contributed by atoms with Gasteiger partial charge in [0.15, 0.2) is 17.4 Å². The molecule has 0 aliphatic carbocycles. The van der Waals surface area contributed by atoms with Gasteiger partial charge in [0.2, 0.25) is 0 Å². The minimum Gasteiger partial charge on any atom is -0.489 e. The van der Waals surface area contributed by atoms with E-state index in [0.717, 1.165) is 65.3 Å². The maximum Gasteiger partial charge on any atom is 0.178 e. The van der Waals surface area contributed by atoms with Crippen LogP contribution in [-0.2, 0) is 13.0 Å². The van der Waals surface area contributed by atoms with Gasteiger partial charge in [0, 0.05) is 22.4 Å². The van der Waals surface area contributed by atoms with Gasteiger partial charge in [-0.25, -0.2) is 0 Å². The third-order valence-electron chi connectivity index (χ3n) is 6.52. The average molecular weight is 471 g/mol. The van der Waals surface area contributed by atoms with Gasteiger partial charge in [-0.2, -0.15) is 0 Å². The first kappa shape index (κ1) is 21.6. The van der Waals surface area contributed by atoms with E-state index < -0.39 is 0 Å². The van der Waals surface area contributed by atoms with E-state index in [9.17, 15) is 4.79 Å². The molecule has 4 heterocycles. The molecular formula is C24H27ClN4O2S. The summed E-state index contributed by atoms with van der Waals surface area (Å²) in [5.74, 6) is 3.04. The molecule has 168 valence electrons. The lowest BCUT2D eigenvalue weighted by Crippen LogP contribution is -2.35. The quantitative estimate of drug-likeness (QED) is 0.492. The van der Waals surface area contributed by atoms with Crippen LogP contribution in [0.3, 0.4) is 0 Å². The van der Waals surface area contributed by atoms with Crippen LogP contribution in [0.25, 0.3) is 10.7 Å². The molecule has 6 nitrogen and oxygen atoms in total. The molecule has 32 heavy (non-hydrogen) atoms. The summed E-state index contributed by atoms with van der Waals surface area (Å²) in [5.41, 5.74) is 2.02. The highest BCUT2D eigenvalue weighted by atomic mass is 35.5. The zero-order valence-corrected chi connectivity index (χ0v) is 20.0. The van der Waals surface area contributed by atoms with Crippen LogP contribution < -0.4 is 4.74 Å². The first-order valence-corrected chi connectivity index (χ1v) is 12.4. The number of thiophene rings is 1. The molecule has 8 heteroatoms. The van der Waals surface area contributed by atoms with Crippen LogP contribution in [0.1, 0.15) is 52.3 Å². The molecule has 5 rings (SSSR count). The molecule has 2 aliphatic heterocycles. The van der Waals surface area contributed by atoms with Gasteiger partial charge in [0.05, 0.1) is 12.1 Å². The molecule has 0 amide bonds. The minimum atomic E-state index is 0.0409. The molecule has 1 aromatic carbocycles. The van der Waals surface area contributed by atoms with Gasteiger partial charge in [-0.3, -0.25) is 4.79 Å². The second kappa shape index (κ2) is 8.96. The molecule has 2 aliphatic rings. The van der Waals surface area contributed by atoms with Crippen molar-refractivity contribution in [2.45, 2.75) is 45.6 Å². The summed E-state index contributed by atoms with van der Waals surface area (Å²) in [6, 6.07) is 8.15. The molecule has 2 aromatic heterocycles. The molecule has 0 N–H and O–H groups in total. The summed E-state index contributed by atoms with van der Waals surface area (Å²) in [6.45, 7) is 8.00. The van der Waals surface area contributed by atoms with Crippen molar-refractivity contribution in [3.05, 3.63) is 51.1 Å². The fourth-order valence-corrected chi connectivity index (χ4v) is 6.08. The maximum atomic E-state index is 12.1. The maximum absolute atomic E-state index is 12.1. The molecule has 0 atom stereocenters. The first-order valence-electron chi connectivity index (χ1n) is 11.2. The Morgan fingerprint density at radius 2 is 1.94 bits per heavy atom. The van der Waals surface area contributed by atoms with E-state index in [1.807, 2.05) is 19.1 Å². The highest BCUT2D eigenvalue weighted by molar-refractivity contribution is 7.16. The number of aryl methyl sites for hydroxylation is 1. The number of carbonyl (C=O) groups excluding carboxylic acids is 1. The SMILES string of the molecule is CC(=O)c1c(C)sc2c1OCCn1c-2nnc1C1CCN(CCc2ccc(Cl)cc2)CC1.